The molecule has 2 atom stereocenters. The summed E-state index contributed by atoms with van der Waals surface area (Å²) >= 11 is 0. The number of benzene rings is 1. The van der Waals surface area contributed by atoms with E-state index in [1.807, 2.05) is 13.8 Å². The van der Waals surface area contributed by atoms with Crippen LogP contribution in [0.15, 0.2) is 28.8 Å². The molecule has 0 aliphatic heterocycles. The van der Waals surface area contributed by atoms with Crippen LogP contribution in [0.2, 0.25) is 0 Å². The van der Waals surface area contributed by atoms with Crippen LogP contribution in [0.1, 0.15) is 36.0 Å². The van der Waals surface area contributed by atoms with Gasteiger partial charge in [-0.1, -0.05) is 24.2 Å². The van der Waals surface area contributed by atoms with Crippen molar-refractivity contribution < 1.29 is 14.1 Å². The van der Waals surface area contributed by atoms with Crippen LogP contribution in [0.5, 0.6) is 0 Å². The Labute approximate surface area is 116 Å². The van der Waals surface area contributed by atoms with Crippen molar-refractivity contribution in [1.82, 2.24) is 10.1 Å². The minimum atomic E-state index is -0.403. The van der Waals surface area contributed by atoms with Crippen LogP contribution in [-0.2, 0) is 4.74 Å². The third-order valence-electron chi connectivity index (χ3n) is 3.16. The first-order valence-corrected chi connectivity index (χ1v) is 6.31. The van der Waals surface area contributed by atoms with Crippen molar-refractivity contribution in [2.24, 2.45) is 5.73 Å². The predicted molar refractivity (Wildman–Crippen MR) is 73.1 cm³/mol. The lowest BCUT2D eigenvalue weighted by Gasteiger charge is -2.09. The Hall–Kier alpha value is -2.21. The number of esters is 1. The Morgan fingerprint density at radius 3 is 2.80 bits per heavy atom. The molecule has 0 spiro atoms. The van der Waals surface area contributed by atoms with E-state index < -0.39 is 5.97 Å². The minimum Gasteiger partial charge on any atom is -0.465 e. The summed E-state index contributed by atoms with van der Waals surface area (Å²) in [5.41, 5.74) is 6.94. The number of methoxy groups -OCH3 is 1. The lowest BCUT2D eigenvalue weighted by molar-refractivity contribution is 0.0601. The van der Waals surface area contributed by atoms with Gasteiger partial charge in [0.15, 0.2) is 0 Å². The molecule has 2 unspecified atom stereocenters. The van der Waals surface area contributed by atoms with Gasteiger partial charge in [-0.25, -0.2) is 4.79 Å². The number of carbonyl (C=O) groups is 1. The van der Waals surface area contributed by atoms with Gasteiger partial charge >= 0.3 is 5.97 Å². The van der Waals surface area contributed by atoms with Crippen molar-refractivity contribution in [3.63, 3.8) is 0 Å². The number of nitrogens with zero attached hydrogens (tertiary/aromatic N) is 2. The van der Waals surface area contributed by atoms with Crippen molar-refractivity contribution >= 4 is 5.97 Å². The van der Waals surface area contributed by atoms with Gasteiger partial charge in [-0.15, -0.1) is 0 Å². The Balaban J connectivity index is 2.31. The van der Waals surface area contributed by atoms with Gasteiger partial charge in [-0.05, 0) is 19.1 Å². The molecule has 1 aromatic carbocycles. The summed E-state index contributed by atoms with van der Waals surface area (Å²) in [6.07, 6.45) is 0. The number of hydrogen-bond acceptors (Lipinski definition) is 6. The molecule has 2 N–H and O–H groups in total. The fraction of sp³-hybridized carbons (Fsp3) is 0.357. The van der Waals surface area contributed by atoms with E-state index in [0.717, 1.165) is 0 Å². The van der Waals surface area contributed by atoms with E-state index in [-0.39, 0.29) is 12.0 Å². The van der Waals surface area contributed by atoms with Crippen LogP contribution >= 0.6 is 0 Å². The first-order chi connectivity index (χ1) is 9.52. The standard InChI is InChI=1S/C14H17N3O3/c1-8(9(2)15)13-16-12(17-20-13)10-5-4-6-11(7-10)14(18)19-3/h4-9H,15H2,1-3H3. The van der Waals surface area contributed by atoms with Gasteiger partial charge in [0.2, 0.25) is 11.7 Å². The van der Waals surface area contributed by atoms with Crippen molar-refractivity contribution in [1.29, 1.82) is 0 Å². The van der Waals surface area contributed by atoms with Crippen molar-refractivity contribution in [3.05, 3.63) is 35.7 Å². The minimum absolute atomic E-state index is 0.0277. The molecule has 20 heavy (non-hydrogen) atoms. The molecule has 1 aromatic heterocycles. The largest absolute Gasteiger partial charge is 0.465 e. The molecule has 2 aromatic rings. The van der Waals surface area contributed by atoms with Gasteiger partial charge in [-0.2, -0.15) is 4.98 Å². The van der Waals surface area contributed by atoms with Crippen molar-refractivity contribution in [2.75, 3.05) is 7.11 Å². The first kappa shape index (κ1) is 14.2. The summed E-state index contributed by atoms with van der Waals surface area (Å²) in [5.74, 6) is 0.483. The summed E-state index contributed by atoms with van der Waals surface area (Å²) < 4.78 is 9.89. The zero-order chi connectivity index (χ0) is 14.7. The highest BCUT2D eigenvalue weighted by atomic mass is 16.5. The smallest absolute Gasteiger partial charge is 0.337 e. The lowest BCUT2D eigenvalue weighted by Crippen LogP contribution is -2.22. The van der Waals surface area contributed by atoms with Gasteiger partial charge < -0.3 is 15.0 Å². The summed E-state index contributed by atoms with van der Waals surface area (Å²) in [4.78, 5) is 15.8. The number of hydrogen-bond donors (Lipinski definition) is 1. The highest BCUT2D eigenvalue weighted by Gasteiger charge is 2.19. The summed E-state index contributed by atoms with van der Waals surface area (Å²) in [7, 11) is 1.34. The zero-order valence-electron chi connectivity index (χ0n) is 11.7. The first-order valence-electron chi connectivity index (χ1n) is 6.31. The van der Waals surface area contributed by atoms with Crippen molar-refractivity contribution in [3.8, 4) is 11.4 Å². The number of aromatic nitrogens is 2. The monoisotopic (exact) mass is 275 g/mol. The maximum Gasteiger partial charge on any atom is 0.337 e. The fourth-order valence-corrected chi connectivity index (χ4v) is 1.67. The zero-order valence-corrected chi connectivity index (χ0v) is 11.7. The summed E-state index contributed by atoms with van der Waals surface area (Å²) in [5, 5.41) is 3.92. The quantitative estimate of drug-likeness (QED) is 0.858. The SMILES string of the molecule is COC(=O)c1cccc(-c2noc(C(C)C(C)N)n2)c1. The van der Waals surface area contributed by atoms with Gasteiger partial charge in [0.05, 0.1) is 18.6 Å². The molecule has 6 heteroatoms. The highest BCUT2D eigenvalue weighted by molar-refractivity contribution is 5.90. The summed E-state index contributed by atoms with van der Waals surface area (Å²) in [6.45, 7) is 3.80. The molecule has 0 fully saturated rings. The molecule has 2 rings (SSSR count). The topological polar surface area (TPSA) is 91.2 Å². The van der Waals surface area contributed by atoms with E-state index in [1.54, 1.807) is 24.3 Å². The van der Waals surface area contributed by atoms with Gasteiger partial charge in [-0.3, -0.25) is 0 Å². The maximum atomic E-state index is 11.5. The molecule has 0 aliphatic carbocycles. The molecule has 0 amide bonds. The van der Waals surface area contributed by atoms with Crippen LogP contribution in [0.4, 0.5) is 0 Å². The van der Waals surface area contributed by atoms with Gasteiger partial charge in [0.1, 0.15) is 0 Å². The fourth-order valence-electron chi connectivity index (χ4n) is 1.67. The number of carbonyl (C=O) groups excluding carboxylic acids is 1. The molecular formula is C14H17N3O3. The molecular weight excluding hydrogens is 258 g/mol. The Bertz CT molecular complexity index is 607. The third kappa shape index (κ3) is 2.85. The van der Waals surface area contributed by atoms with E-state index in [1.165, 1.54) is 7.11 Å². The van der Waals surface area contributed by atoms with Gasteiger partial charge in [0, 0.05) is 11.6 Å². The van der Waals surface area contributed by atoms with Crippen molar-refractivity contribution in [2.45, 2.75) is 25.8 Å². The average Bonchev–Trinajstić information content (AvgIpc) is 2.95. The molecule has 0 saturated carbocycles. The second-order valence-electron chi connectivity index (χ2n) is 4.68. The highest BCUT2D eigenvalue weighted by Crippen LogP contribution is 2.22. The Kier molecular flexibility index (Phi) is 4.14. The normalized spacial score (nSPS) is 13.8. The average molecular weight is 275 g/mol. The molecule has 0 saturated heterocycles. The molecule has 6 nitrogen and oxygen atoms in total. The second-order valence-corrected chi connectivity index (χ2v) is 4.68. The van der Waals surface area contributed by atoms with Crippen LogP contribution < -0.4 is 5.73 Å². The molecule has 0 bridgehead atoms. The third-order valence-corrected chi connectivity index (χ3v) is 3.16. The van der Waals surface area contributed by atoms with E-state index in [4.69, 9.17) is 10.3 Å². The lowest BCUT2D eigenvalue weighted by atomic mass is 10.1. The van der Waals surface area contributed by atoms with Gasteiger partial charge in [0.25, 0.3) is 0 Å². The number of rotatable bonds is 4. The summed E-state index contributed by atoms with van der Waals surface area (Å²) in [6, 6.07) is 6.80. The molecule has 106 valence electrons. The number of nitrogens with two attached hydrogens (primary N) is 1. The van der Waals surface area contributed by atoms with Crippen LogP contribution in [0, 0.1) is 0 Å². The van der Waals surface area contributed by atoms with E-state index in [9.17, 15) is 4.79 Å². The predicted octanol–water partition coefficient (Wildman–Crippen LogP) is 1.97. The Morgan fingerprint density at radius 2 is 2.15 bits per heavy atom. The second kappa shape index (κ2) is 5.83. The molecule has 1 heterocycles. The van der Waals surface area contributed by atoms with E-state index in [2.05, 4.69) is 14.9 Å². The van der Waals surface area contributed by atoms with E-state index >= 15 is 0 Å². The maximum absolute atomic E-state index is 11.5. The molecule has 0 radical (unpaired) electrons. The van der Waals surface area contributed by atoms with Crippen LogP contribution in [-0.4, -0.2) is 29.3 Å². The van der Waals surface area contributed by atoms with Crippen LogP contribution in [0.3, 0.4) is 0 Å². The Morgan fingerprint density at radius 1 is 1.40 bits per heavy atom. The van der Waals surface area contributed by atoms with E-state index in [0.29, 0.717) is 22.8 Å². The molecule has 0 aliphatic rings. The van der Waals surface area contributed by atoms with Crippen LogP contribution in [0.25, 0.3) is 11.4 Å². The number of ether oxygens (including phenoxy) is 1.